The highest BCUT2D eigenvalue weighted by molar-refractivity contribution is 7.89. The predicted molar refractivity (Wildman–Crippen MR) is 99.6 cm³/mol. The van der Waals surface area contributed by atoms with Crippen molar-refractivity contribution in [2.45, 2.75) is 22.6 Å². The minimum Gasteiger partial charge on any atom is -0.207 e. The van der Waals surface area contributed by atoms with Crippen LogP contribution in [0, 0.1) is 0 Å². The second-order valence-electron chi connectivity index (χ2n) is 6.14. The Morgan fingerprint density at radius 2 is 0.846 bits per heavy atom. The third-order valence-electron chi connectivity index (χ3n) is 4.39. The van der Waals surface area contributed by atoms with Crippen LogP contribution in [0.5, 0.6) is 0 Å². The molecule has 8 heteroatoms. The topological polar surface area (TPSA) is 74.8 Å². The van der Waals surface area contributed by atoms with Crippen molar-refractivity contribution in [1.29, 1.82) is 0 Å². The Morgan fingerprint density at radius 3 is 1.15 bits per heavy atom. The first-order valence-corrected chi connectivity index (χ1v) is 11.4. The summed E-state index contributed by atoms with van der Waals surface area (Å²) in [6.45, 7) is 1.21. The average Bonchev–Trinajstić information content (AvgIpc) is 2.62. The maximum atomic E-state index is 12.7. The Labute approximate surface area is 155 Å². The lowest BCUT2D eigenvalue weighted by Gasteiger charge is -2.29. The van der Waals surface area contributed by atoms with Gasteiger partial charge in [0.1, 0.15) is 0 Å². The SMILES string of the molecule is O=S(=O)(c1ccccc1)N1CCCN(S(=O)(=O)c2ccccc2)CCC1. The Bertz CT molecular complexity index is 842. The Hall–Kier alpha value is -1.74. The maximum Gasteiger partial charge on any atom is 0.243 e. The summed E-state index contributed by atoms with van der Waals surface area (Å²) in [6.07, 6.45) is 0.913. The van der Waals surface area contributed by atoms with Crippen LogP contribution in [-0.4, -0.2) is 51.6 Å². The van der Waals surface area contributed by atoms with Gasteiger partial charge in [-0.1, -0.05) is 36.4 Å². The fraction of sp³-hybridized carbons (Fsp3) is 0.333. The number of hydrogen-bond acceptors (Lipinski definition) is 4. The summed E-state index contributed by atoms with van der Waals surface area (Å²) < 4.78 is 53.9. The molecule has 0 N–H and O–H groups in total. The molecule has 0 unspecified atom stereocenters. The smallest absolute Gasteiger partial charge is 0.207 e. The van der Waals surface area contributed by atoms with E-state index in [-0.39, 0.29) is 9.79 Å². The van der Waals surface area contributed by atoms with E-state index in [4.69, 9.17) is 0 Å². The van der Waals surface area contributed by atoms with Crippen molar-refractivity contribution in [2.24, 2.45) is 0 Å². The van der Waals surface area contributed by atoms with Gasteiger partial charge < -0.3 is 0 Å². The van der Waals surface area contributed by atoms with E-state index in [0.717, 1.165) is 0 Å². The third kappa shape index (κ3) is 3.98. The van der Waals surface area contributed by atoms with Crippen LogP contribution in [0.1, 0.15) is 12.8 Å². The molecule has 1 heterocycles. The summed E-state index contributed by atoms with van der Waals surface area (Å²) in [6, 6.07) is 16.7. The zero-order valence-electron chi connectivity index (χ0n) is 14.4. The number of rotatable bonds is 4. The summed E-state index contributed by atoms with van der Waals surface area (Å²) in [7, 11) is -7.08. The highest BCUT2D eigenvalue weighted by Gasteiger charge is 2.29. The predicted octanol–water partition coefficient (Wildman–Crippen LogP) is 2.16. The quantitative estimate of drug-likeness (QED) is 0.796. The lowest BCUT2D eigenvalue weighted by atomic mass is 10.3. The lowest BCUT2D eigenvalue weighted by molar-refractivity contribution is 0.309. The molecule has 2 aromatic carbocycles. The van der Waals surface area contributed by atoms with Gasteiger partial charge in [-0.2, -0.15) is 8.61 Å². The van der Waals surface area contributed by atoms with E-state index in [1.807, 2.05) is 0 Å². The molecule has 6 nitrogen and oxygen atoms in total. The van der Waals surface area contributed by atoms with Gasteiger partial charge in [0.15, 0.2) is 0 Å². The first-order chi connectivity index (χ1) is 12.4. The number of hydrogen-bond donors (Lipinski definition) is 0. The fourth-order valence-electron chi connectivity index (χ4n) is 3.03. The van der Waals surface area contributed by atoms with Crippen molar-refractivity contribution in [3.8, 4) is 0 Å². The van der Waals surface area contributed by atoms with Gasteiger partial charge >= 0.3 is 0 Å². The second kappa shape index (κ2) is 7.87. The largest absolute Gasteiger partial charge is 0.243 e. The molecule has 0 aliphatic carbocycles. The van der Waals surface area contributed by atoms with Gasteiger partial charge in [0.2, 0.25) is 20.0 Å². The maximum absolute atomic E-state index is 12.7. The van der Waals surface area contributed by atoms with Crippen molar-refractivity contribution in [2.75, 3.05) is 26.2 Å². The highest BCUT2D eigenvalue weighted by atomic mass is 32.2. The molecule has 0 bridgehead atoms. The summed E-state index contributed by atoms with van der Waals surface area (Å²) in [5, 5.41) is 0. The summed E-state index contributed by atoms with van der Waals surface area (Å²) in [5.41, 5.74) is 0. The van der Waals surface area contributed by atoms with Crippen LogP contribution in [0.25, 0.3) is 0 Å². The number of benzene rings is 2. The lowest BCUT2D eigenvalue weighted by Crippen LogP contribution is -2.41. The van der Waals surface area contributed by atoms with Crippen molar-refractivity contribution >= 4 is 20.0 Å². The molecule has 1 saturated heterocycles. The van der Waals surface area contributed by atoms with Gasteiger partial charge in [-0.05, 0) is 37.1 Å². The Kier molecular flexibility index (Phi) is 5.76. The van der Waals surface area contributed by atoms with Gasteiger partial charge in [-0.15, -0.1) is 0 Å². The molecule has 1 aliphatic heterocycles. The molecule has 1 fully saturated rings. The van der Waals surface area contributed by atoms with E-state index in [0.29, 0.717) is 39.0 Å². The molecule has 0 aromatic heterocycles. The first kappa shape index (κ1) is 19.0. The van der Waals surface area contributed by atoms with E-state index in [9.17, 15) is 16.8 Å². The first-order valence-electron chi connectivity index (χ1n) is 8.53. The van der Waals surface area contributed by atoms with Crippen LogP contribution in [0.2, 0.25) is 0 Å². The van der Waals surface area contributed by atoms with Crippen LogP contribution in [0.3, 0.4) is 0 Å². The van der Waals surface area contributed by atoms with E-state index in [2.05, 4.69) is 0 Å². The van der Waals surface area contributed by atoms with Crippen molar-refractivity contribution < 1.29 is 16.8 Å². The molecular formula is C18H22N2O4S2. The Balaban J connectivity index is 1.72. The van der Waals surface area contributed by atoms with Crippen molar-refractivity contribution in [1.82, 2.24) is 8.61 Å². The molecule has 0 amide bonds. The molecule has 140 valence electrons. The monoisotopic (exact) mass is 394 g/mol. The summed E-state index contributed by atoms with van der Waals surface area (Å²) >= 11 is 0. The van der Waals surface area contributed by atoms with Crippen molar-refractivity contribution in [3.05, 3.63) is 60.7 Å². The highest BCUT2D eigenvalue weighted by Crippen LogP contribution is 2.21. The Morgan fingerprint density at radius 1 is 0.538 bits per heavy atom. The van der Waals surface area contributed by atoms with E-state index in [1.165, 1.54) is 8.61 Å². The van der Waals surface area contributed by atoms with Gasteiger partial charge in [0.25, 0.3) is 0 Å². The zero-order chi connectivity index (χ0) is 18.6. The van der Waals surface area contributed by atoms with E-state index < -0.39 is 20.0 Å². The average molecular weight is 395 g/mol. The molecule has 0 spiro atoms. The fourth-order valence-corrected chi connectivity index (χ4v) is 6.11. The van der Waals surface area contributed by atoms with Gasteiger partial charge in [-0.3, -0.25) is 0 Å². The molecule has 0 atom stereocenters. The van der Waals surface area contributed by atoms with Gasteiger partial charge in [0.05, 0.1) is 9.79 Å². The molecule has 2 aromatic rings. The van der Waals surface area contributed by atoms with E-state index in [1.54, 1.807) is 60.7 Å². The molecular weight excluding hydrogens is 372 g/mol. The van der Waals surface area contributed by atoms with Gasteiger partial charge in [0, 0.05) is 26.2 Å². The van der Waals surface area contributed by atoms with Crippen LogP contribution >= 0.6 is 0 Å². The van der Waals surface area contributed by atoms with Crippen molar-refractivity contribution in [3.63, 3.8) is 0 Å². The van der Waals surface area contributed by atoms with Crippen LogP contribution in [0.4, 0.5) is 0 Å². The molecule has 0 radical (unpaired) electrons. The number of nitrogens with zero attached hydrogens (tertiary/aromatic N) is 2. The van der Waals surface area contributed by atoms with E-state index >= 15 is 0 Å². The zero-order valence-corrected chi connectivity index (χ0v) is 16.0. The molecule has 1 aliphatic rings. The molecule has 3 rings (SSSR count). The van der Waals surface area contributed by atoms with Crippen LogP contribution in [0.15, 0.2) is 70.5 Å². The molecule has 26 heavy (non-hydrogen) atoms. The van der Waals surface area contributed by atoms with Crippen LogP contribution < -0.4 is 0 Å². The second-order valence-corrected chi connectivity index (χ2v) is 10.0. The van der Waals surface area contributed by atoms with Gasteiger partial charge in [-0.25, -0.2) is 16.8 Å². The summed E-state index contributed by atoms with van der Waals surface area (Å²) in [5.74, 6) is 0. The summed E-state index contributed by atoms with van der Waals surface area (Å²) in [4.78, 5) is 0.545. The van der Waals surface area contributed by atoms with Crippen LogP contribution in [-0.2, 0) is 20.0 Å². The normalized spacial score (nSPS) is 18.2. The minimum absolute atomic E-state index is 0.273. The number of sulfonamides is 2. The third-order valence-corrected chi connectivity index (χ3v) is 8.22. The minimum atomic E-state index is -3.54. The molecule has 0 saturated carbocycles. The standard InChI is InChI=1S/C18H22N2O4S2/c21-25(22,17-9-3-1-4-10-17)19-13-7-15-20(16-8-14-19)26(23,24)18-11-5-2-6-12-18/h1-6,9-12H,7-8,13-16H2.